The second kappa shape index (κ2) is 7.89. The summed E-state index contributed by atoms with van der Waals surface area (Å²) in [5, 5.41) is 9.94. The smallest absolute Gasteiger partial charge is 0.211 e. The third-order valence-corrected chi connectivity index (χ3v) is 4.94. The maximum absolute atomic E-state index is 11.6. The standard InChI is InChI=1S/C13H21NO3S2/c1-3-4-9-19(16,17)14-10-13(15)11-5-7-12(18-2)8-6-11/h5-8,13-15H,3-4,9-10H2,1-2H3. The van der Waals surface area contributed by atoms with Gasteiger partial charge in [0.05, 0.1) is 11.9 Å². The predicted octanol–water partition coefficient (Wildman–Crippen LogP) is 2.16. The molecule has 1 atom stereocenters. The van der Waals surface area contributed by atoms with Gasteiger partial charge in [-0.3, -0.25) is 0 Å². The maximum Gasteiger partial charge on any atom is 0.211 e. The van der Waals surface area contributed by atoms with E-state index in [1.165, 1.54) is 0 Å². The van der Waals surface area contributed by atoms with Crippen molar-refractivity contribution in [2.75, 3.05) is 18.6 Å². The molecule has 1 aromatic rings. The average Bonchev–Trinajstić information content (AvgIpc) is 2.43. The Hall–Kier alpha value is -0.560. The summed E-state index contributed by atoms with van der Waals surface area (Å²) in [5.41, 5.74) is 0.719. The van der Waals surface area contributed by atoms with Crippen LogP contribution in [0.5, 0.6) is 0 Å². The molecule has 0 aliphatic rings. The van der Waals surface area contributed by atoms with Crippen LogP contribution in [0.25, 0.3) is 0 Å². The van der Waals surface area contributed by atoms with Crippen LogP contribution in [-0.4, -0.2) is 32.1 Å². The van der Waals surface area contributed by atoms with E-state index in [0.717, 1.165) is 16.9 Å². The van der Waals surface area contributed by atoms with Gasteiger partial charge in [-0.05, 0) is 30.4 Å². The van der Waals surface area contributed by atoms with E-state index >= 15 is 0 Å². The zero-order valence-electron chi connectivity index (χ0n) is 11.3. The summed E-state index contributed by atoms with van der Waals surface area (Å²) < 4.78 is 25.6. The first-order valence-electron chi connectivity index (χ1n) is 6.28. The largest absolute Gasteiger partial charge is 0.387 e. The quantitative estimate of drug-likeness (QED) is 0.722. The number of thioether (sulfide) groups is 1. The van der Waals surface area contributed by atoms with Crippen LogP contribution in [0.2, 0.25) is 0 Å². The van der Waals surface area contributed by atoms with Crippen molar-refractivity contribution in [3.8, 4) is 0 Å². The van der Waals surface area contributed by atoms with Gasteiger partial charge in [0, 0.05) is 11.4 Å². The van der Waals surface area contributed by atoms with Crippen LogP contribution in [0.3, 0.4) is 0 Å². The van der Waals surface area contributed by atoms with Crippen molar-refractivity contribution in [3.63, 3.8) is 0 Å². The molecule has 4 nitrogen and oxygen atoms in total. The van der Waals surface area contributed by atoms with E-state index in [1.807, 2.05) is 37.4 Å². The molecule has 0 spiro atoms. The zero-order valence-corrected chi connectivity index (χ0v) is 12.9. The van der Waals surface area contributed by atoms with Gasteiger partial charge in [-0.1, -0.05) is 25.5 Å². The van der Waals surface area contributed by atoms with Gasteiger partial charge in [0.1, 0.15) is 0 Å². The lowest BCUT2D eigenvalue weighted by Crippen LogP contribution is -2.30. The fourth-order valence-electron chi connectivity index (χ4n) is 1.56. The summed E-state index contributed by atoms with van der Waals surface area (Å²) in [4.78, 5) is 1.11. The Morgan fingerprint density at radius 1 is 1.32 bits per heavy atom. The predicted molar refractivity (Wildman–Crippen MR) is 79.9 cm³/mol. The molecule has 0 aliphatic heterocycles. The normalized spacial score (nSPS) is 13.4. The van der Waals surface area contributed by atoms with Gasteiger partial charge in [0.25, 0.3) is 0 Å². The van der Waals surface area contributed by atoms with Crippen LogP contribution in [0.15, 0.2) is 29.2 Å². The lowest BCUT2D eigenvalue weighted by molar-refractivity contribution is 0.182. The van der Waals surface area contributed by atoms with Gasteiger partial charge in [0.2, 0.25) is 10.0 Å². The Labute approximate surface area is 119 Å². The highest BCUT2D eigenvalue weighted by Crippen LogP contribution is 2.18. The SMILES string of the molecule is CCCCS(=O)(=O)NCC(O)c1ccc(SC)cc1. The van der Waals surface area contributed by atoms with Gasteiger partial charge in [-0.15, -0.1) is 11.8 Å². The number of rotatable bonds is 8. The molecule has 0 amide bonds. The third kappa shape index (κ3) is 5.95. The highest BCUT2D eigenvalue weighted by Gasteiger charge is 2.13. The Bertz CT molecular complexity index is 471. The van der Waals surface area contributed by atoms with Gasteiger partial charge < -0.3 is 5.11 Å². The van der Waals surface area contributed by atoms with Crippen LogP contribution >= 0.6 is 11.8 Å². The zero-order chi connectivity index (χ0) is 14.3. The Balaban J connectivity index is 2.52. The topological polar surface area (TPSA) is 66.4 Å². The summed E-state index contributed by atoms with van der Waals surface area (Å²) in [6.07, 6.45) is 2.63. The number of hydrogen-bond donors (Lipinski definition) is 2. The minimum absolute atomic E-state index is 0.0185. The van der Waals surface area contributed by atoms with Crippen molar-refractivity contribution in [2.24, 2.45) is 0 Å². The van der Waals surface area contributed by atoms with Crippen molar-refractivity contribution < 1.29 is 13.5 Å². The van der Waals surface area contributed by atoms with Gasteiger partial charge in [-0.2, -0.15) is 0 Å². The Kier molecular flexibility index (Phi) is 6.85. The molecule has 0 saturated carbocycles. The van der Waals surface area contributed by atoms with E-state index in [2.05, 4.69) is 4.72 Å². The van der Waals surface area contributed by atoms with Crippen LogP contribution in [0.1, 0.15) is 31.4 Å². The molecule has 6 heteroatoms. The van der Waals surface area contributed by atoms with Gasteiger partial charge in [0.15, 0.2) is 0 Å². The number of nitrogens with one attached hydrogen (secondary N) is 1. The molecule has 0 saturated heterocycles. The maximum atomic E-state index is 11.6. The van der Waals surface area contributed by atoms with E-state index < -0.39 is 16.1 Å². The summed E-state index contributed by atoms with van der Waals surface area (Å²) in [6.45, 7) is 1.96. The third-order valence-electron chi connectivity index (χ3n) is 2.76. The van der Waals surface area contributed by atoms with Crippen LogP contribution in [0, 0.1) is 0 Å². The van der Waals surface area contributed by atoms with E-state index in [0.29, 0.717) is 6.42 Å². The first kappa shape index (κ1) is 16.5. The van der Waals surface area contributed by atoms with Gasteiger partial charge in [-0.25, -0.2) is 13.1 Å². The molecule has 0 aliphatic carbocycles. The molecular weight excluding hydrogens is 282 g/mol. The van der Waals surface area contributed by atoms with Crippen molar-refractivity contribution in [1.29, 1.82) is 0 Å². The Morgan fingerprint density at radius 3 is 2.47 bits per heavy atom. The minimum atomic E-state index is -3.27. The second-order valence-corrected chi connectivity index (χ2v) is 7.12. The molecule has 1 aromatic carbocycles. The highest BCUT2D eigenvalue weighted by atomic mass is 32.2. The summed E-state index contributed by atoms with van der Waals surface area (Å²) in [7, 11) is -3.27. The fraction of sp³-hybridized carbons (Fsp3) is 0.538. The van der Waals surface area contributed by atoms with Crippen molar-refractivity contribution in [3.05, 3.63) is 29.8 Å². The highest BCUT2D eigenvalue weighted by molar-refractivity contribution is 7.98. The molecular formula is C13H21NO3S2. The first-order valence-corrected chi connectivity index (χ1v) is 9.15. The van der Waals surface area contributed by atoms with E-state index in [-0.39, 0.29) is 12.3 Å². The minimum Gasteiger partial charge on any atom is -0.387 e. The molecule has 19 heavy (non-hydrogen) atoms. The van der Waals surface area contributed by atoms with E-state index in [9.17, 15) is 13.5 Å². The fourth-order valence-corrected chi connectivity index (χ4v) is 3.19. The number of aliphatic hydroxyl groups excluding tert-OH is 1. The van der Waals surface area contributed by atoms with Crippen LogP contribution in [0.4, 0.5) is 0 Å². The Morgan fingerprint density at radius 2 is 1.95 bits per heavy atom. The molecule has 2 N–H and O–H groups in total. The molecule has 0 heterocycles. The van der Waals surface area contributed by atoms with Gasteiger partial charge >= 0.3 is 0 Å². The van der Waals surface area contributed by atoms with Crippen LogP contribution in [-0.2, 0) is 10.0 Å². The molecule has 1 unspecified atom stereocenters. The molecule has 0 radical (unpaired) electrons. The summed E-state index contributed by atoms with van der Waals surface area (Å²) in [5.74, 6) is 0.113. The summed E-state index contributed by atoms with van der Waals surface area (Å²) in [6, 6.07) is 7.46. The van der Waals surface area contributed by atoms with Crippen LogP contribution < -0.4 is 4.72 Å². The lowest BCUT2D eigenvalue weighted by atomic mass is 10.1. The number of unbranched alkanes of at least 4 members (excludes halogenated alkanes) is 1. The number of sulfonamides is 1. The van der Waals surface area contributed by atoms with Crippen molar-refractivity contribution >= 4 is 21.8 Å². The number of hydrogen-bond acceptors (Lipinski definition) is 4. The first-order chi connectivity index (χ1) is 8.98. The average molecular weight is 303 g/mol. The molecule has 108 valence electrons. The monoisotopic (exact) mass is 303 g/mol. The lowest BCUT2D eigenvalue weighted by Gasteiger charge is -2.13. The molecule has 1 rings (SSSR count). The number of benzene rings is 1. The van der Waals surface area contributed by atoms with E-state index in [1.54, 1.807) is 11.8 Å². The molecule has 0 bridgehead atoms. The van der Waals surface area contributed by atoms with Crippen molar-refractivity contribution in [2.45, 2.75) is 30.8 Å². The molecule has 0 fully saturated rings. The van der Waals surface area contributed by atoms with Crippen molar-refractivity contribution in [1.82, 2.24) is 4.72 Å². The van der Waals surface area contributed by atoms with E-state index in [4.69, 9.17) is 0 Å². The summed E-state index contributed by atoms with van der Waals surface area (Å²) >= 11 is 1.62. The number of aliphatic hydroxyl groups is 1. The molecule has 0 aromatic heterocycles. The second-order valence-electron chi connectivity index (χ2n) is 4.31.